The molecule has 0 spiro atoms. The van der Waals surface area contributed by atoms with E-state index >= 15 is 0 Å². The number of benzene rings is 1. The summed E-state index contributed by atoms with van der Waals surface area (Å²) >= 11 is 0. The quantitative estimate of drug-likeness (QED) is 0.865. The van der Waals surface area contributed by atoms with E-state index in [1.54, 1.807) is 0 Å². The van der Waals surface area contributed by atoms with Gasteiger partial charge in [0.25, 0.3) is 0 Å². The summed E-state index contributed by atoms with van der Waals surface area (Å²) in [6, 6.07) is 7.81. The van der Waals surface area contributed by atoms with Gasteiger partial charge in [-0.1, -0.05) is 39.0 Å². The van der Waals surface area contributed by atoms with Crippen molar-refractivity contribution in [2.75, 3.05) is 18.8 Å². The van der Waals surface area contributed by atoms with Crippen LogP contribution in [0.4, 0.5) is 5.69 Å². The fourth-order valence-corrected chi connectivity index (χ4v) is 3.16. The Hall–Kier alpha value is -1.51. The molecule has 0 aliphatic carbocycles. The highest BCUT2D eigenvalue weighted by Crippen LogP contribution is 2.34. The Labute approximate surface area is 128 Å². The molecule has 1 aliphatic rings. The van der Waals surface area contributed by atoms with Crippen molar-refractivity contribution in [3.63, 3.8) is 0 Å². The second-order valence-electron chi connectivity index (χ2n) is 7.22. The zero-order valence-electron chi connectivity index (χ0n) is 13.6. The lowest BCUT2D eigenvalue weighted by Gasteiger charge is -2.38. The first-order valence-electron chi connectivity index (χ1n) is 7.99. The maximum Gasteiger partial charge on any atom is 0.222 e. The number of piperidine rings is 1. The van der Waals surface area contributed by atoms with Crippen molar-refractivity contribution in [1.29, 1.82) is 0 Å². The van der Waals surface area contributed by atoms with Crippen LogP contribution in [0.3, 0.4) is 0 Å². The number of nitrogen functional groups attached to an aromatic ring is 1. The maximum atomic E-state index is 12.3. The van der Waals surface area contributed by atoms with Crippen molar-refractivity contribution in [3.05, 3.63) is 29.8 Å². The predicted molar refractivity (Wildman–Crippen MR) is 87.9 cm³/mol. The molecule has 0 bridgehead atoms. The Morgan fingerprint density at radius 2 is 1.86 bits per heavy atom. The first-order chi connectivity index (χ1) is 9.88. The fourth-order valence-electron chi connectivity index (χ4n) is 3.16. The molecule has 2 rings (SSSR count). The normalized spacial score (nSPS) is 17.0. The van der Waals surface area contributed by atoms with Gasteiger partial charge in [0.15, 0.2) is 0 Å². The number of rotatable bonds is 3. The number of amides is 1. The van der Waals surface area contributed by atoms with Crippen LogP contribution in [0.5, 0.6) is 0 Å². The van der Waals surface area contributed by atoms with Gasteiger partial charge in [0.05, 0.1) is 0 Å². The molecule has 0 saturated carbocycles. The van der Waals surface area contributed by atoms with Crippen molar-refractivity contribution >= 4 is 11.6 Å². The molecular formula is C18H28N2O. The van der Waals surface area contributed by atoms with Gasteiger partial charge in [-0.3, -0.25) is 4.79 Å². The molecule has 1 saturated heterocycles. The van der Waals surface area contributed by atoms with E-state index in [1.807, 2.05) is 29.2 Å². The van der Waals surface area contributed by atoms with E-state index in [-0.39, 0.29) is 5.91 Å². The van der Waals surface area contributed by atoms with Gasteiger partial charge >= 0.3 is 0 Å². The third-order valence-electron chi connectivity index (χ3n) is 4.74. The Morgan fingerprint density at radius 1 is 1.24 bits per heavy atom. The van der Waals surface area contributed by atoms with Crippen molar-refractivity contribution < 1.29 is 4.79 Å². The highest BCUT2D eigenvalue weighted by atomic mass is 16.2. The number of nitrogens with two attached hydrogens (primary N) is 1. The summed E-state index contributed by atoms with van der Waals surface area (Å²) in [5, 5.41) is 0. The average molecular weight is 288 g/mol. The van der Waals surface area contributed by atoms with E-state index in [0.29, 0.717) is 11.8 Å². The van der Waals surface area contributed by atoms with E-state index in [0.717, 1.165) is 49.5 Å². The number of carbonyl (C=O) groups is 1. The number of nitrogens with zero attached hydrogens (tertiary/aromatic N) is 1. The zero-order chi connectivity index (χ0) is 15.5. The minimum absolute atomic E-state index is 0.269. The number of carbonyl (C=O) groups excluding carboxylic acids is 1. The van der Waals surface area contributed by atoms with Crippen molar-refractivity contribution in [1.82, 2.24) is 4.90 Å². The van der Waals surface area contributed by atoms with Gasteiger partial charge < -0.3 is 10.6 Å². The van der Waals surface area contributed by atoms with Gasteiger partial charge in [0, 0.05) is 25.2 Å². The number of hydrogen-bond acceptors (Lipinski definition) is 2. The molecule has 1 heterocycles. The van der Waals surface area contributed by atoms with Crippen LogP contribution in [-0.2, 0) is 11.2 Å². The summed E-state index contributed by atoms with van der Waals surface area (Å²) in [5.41, 5.74) is 8.15. The summed E-state index contributed by atoms with van der Waals surface area (Å²) in [5.74, 6) is 0.997. The van der Waals surface area contributed by atoms with Crippen molar-refractivity contribution in [2.24, 2.45) is 11.3 Å². The standard InChI is InChI=1S/C18H28N2O/c1-18(2,3)15-10-12-20(13-11-15)17(21)9-8-14-6-4-5-7-16(14)19/h4-7,15H,8-13,19H2,1-3H3. The minimum Gasteiger partial charge on any atom is -0.399 e. The fraction of sp³-hybridized carbons (Fsp3) is 0.611. The molecule has 0 aromatic heterocycles. The Bertz CT molecular complexity index is 482. The van der Waals surface area contributed by atoms with E-state index < -0.39 is 0 Å². The molecule has 0 unspecified atom stereocenters. The van der Waals surface area contributed by atoms with Gasteiger partial charge in [-0.2, -0.15) is 0 Å². The van der Waals surface area contributed by atoms with E-state index in [1.165, 1.54) is 0 Å². The lowest BCUT2D eigenvalue weighted by molar-refractivity contribution is -0.133. The first kappa shape index (κ1) is 15.9. The van der Waals surface area contributed by atoms with Crippen LogP contribution in [0, 0.1) is 11.3 Å². The molecular weight excluding hydrogens is 260 g/mol. The molecule has 1 amide bonds. The Kier molecular flexibility index (Phi) is 4.92. The molecule has 116 valence electrons. The maximum absolute atomic E-state index is 12.3. The summed E-state index contributed by atoms with van der Waals surface area (Å²) in [7, 11) is 0. The second-order valence-corrected chi connectivity index (χ2v) is 7.22. The number of para-hydroxylation sites is 1. The van der Waals surface area contributed by atoms with Crippen LogP contribution in [0.1, 0.15) is 45.6 Å². The molecule has 1 aromatic carbocycles. The van der Waals surface area contributed by atoms with Crippen LogP contribution in [0.15, 0.2) is 24.3 Å². The van der Waals surface area contributed by atoms with Crippen LogP contribution in [0.25, 0.3) is 0 Å². The van der Waals surface area contributed by atoms with Gasteiger partial charge in [-0.15, -0.1) is 0 Å². The van der Waals surface area contributed by atoms with Crippen LogP contribution < -0.4 is 5.73 Å². The third kappa shape index (κ3) is 4.23. The molecule has 2 N–H and O–H groups in total. The molecule has 21 heavy (non-hydrogen) atoms. The van der Waals surface area contributed by atoms with E-state index in [4.69, 9.17) is 5.73 Å². The zero-order valence-corrected chi connectivity index (χ0v) is 13.6. The highest BCUT2D eigenvalue weighted by molar-refractivity contribution is 5.76. The van der Waals surface area contributed by atoms with E-state index in [2.05, 4.69) is 20.8 Å². The first-order valence-corrected chi connectivity index (χ1v) is 7.99. The summed E-state index contributed by atoms with van der Waals surface area (Å²) < 4.78 is 0. The number of aryl methyl sites for hydroxylation is 1. The number of likely N-dealkylation sites (tertiary alicyclic amines) is 1. The van der Waals surface area contributed by atoms with Crippen molar-refractivity contribution in [2.45, 2.75) is 46.5 Å². The largest absolute Gasteiger partial charge is 0.399 e. The molecule has 3 heteroatoms. The van der Waals surface area contributed by atoms with Crippen LogP contribution >= 0.6 is 0 Å². The lowest BCUT2D eigenvalue weighted by atomic mass is 9.75. The molecule has 1 aliphatic heterocycles. The van der Waals surface area contributed by atoms with E-state index in [9.17, 15) is 4.79 Å². The molecule has 3 nitrogen and oxygen atoms in total. The second kappa shape index (κ2) is 6.50. The Balaban J connectivity index is 1.82. The average Bonchev–Trinajstić information content (AvgIpc) is 2.45. The van der Waals surface area contributed by atoms with Gasteiger partial charge in [0.1, 0.15) is 0 Å². The van der Waals surface area contributed by atoms with Crippen LogP contribution in [-0.4, -0.2) is 23.9 Å². The molecule has 0 atom stereocenters. The number of anilines is 1. The van der Waals surface area contributed by atoms with Gasteiger partial charge in [-0.25, -0.2) is 0 Å². The molecule has 0 radical (unpaired) electrons. The van der Waals surface area contributed by atoms with Crippen LogP contribution in [0.2, 0.25) is 0 Å². The molecule has 1 aromatic rings. The predicted octanol–water partition coefficient (Wildman–Crippen LogP) is 3.49. The SMILES string of the molecule is CC(C)(C)C1CCN(C(=O)CCc2ccccc2N)CC1. The Morgan fingerprint density at radius 3 is 2.43 bits per heavy atom. The van der Waals surface area contributed by atoms with Gasteiger partial charge in [-0.05, 0) is 42.2 Å². The minimum atomic E-state index is 0.269. The molecule has 1 fully saturated rings. The topological polar surface area (TPSA) is 46.3 Å². The lowest BCUT2D eigenvalue weighted by Crippen LogP contribution is -2.41. The van der Waals surface area contributed by atoms with Crippen molar-refractivity contribution in [3.8, 4) is 0 Å². The summed E-state index contributed by atoms with van der Waals surface area (Å²) in [6.07, 6.45) is 3.56. The van der Waals surface area contributed by atoms with Gasteiger partial charge in [0.2, 0.25) is 5.91 Å². The summed E-state index contributed by atoms with van der Waals surface area (Å²) in [6.45, 7) is 8.71. The summed E-state index contributed by atoms with van der Waals surface area (Å²) in [4.78, 5) is 14.4. The monoisotopic (exact) mass is 288 g/mol. The highest BCUT2D eigenvalue weighted by Gasteiger charge is 2.30. The smallest absolute Gasteiger partial charge is 0.222 e. The third-order valence-corrected chi connectivity index (χ3v) is 4.74. The number of hydrogen-bond donors (Lipinski definition) is 1.